The number of aryl methyl sites for hydroxylation is 1. The van der Waals surface area contributed by atoms with Crippen LogP contribution in [0.1, 0.15) is 16.7 Å². The van der Waals surface area contributed by atoms with Crippen LogP contribution in [0.5, 0.6) is 0 Å². The normalized spacial score (nSPS) is 15.4. The van der Waals surface area contributed by atoms with E-state index in [0.717, 1.165) is 21.3 Å². The third-order valence-corrected chi connectivity index (χ3v) is 4.47. The maximum Gasteiger partial charge on any atom is 0.343 e. The number of benzene rings is 2. The number of halogens is 1. The summed E-state index contributed by atoms with van der Waals surface area (Å²) in [5.74, 6) is 0.272. The molecule has 0 aromatic heterocycles. The molecule has 0 N–H and O–H groups in total. The van der Waals surface area contributed by atoms with Crippen molar-refractivity contribution in [3.8, 4) is 0 Å². The molecule has 1 heterocycles. The Hall–Kier alpha value is -2.33. The minimum absolute atomic E-state index is 0.321. The monoisotopic (exact) mass is 383 g/mol. The van der Waals surface area contributed by atoms with Crippen molar-refractivity contribution < 1.29 is 9.53 Å². The van der Waals surface area contributed by atoms with E-state index in [1.54, 1.807) is 6.08 Å². The number of esters is 1. The smallest absolute Gasteiger partial charge is 0.343 e. The average molecular weight is 384 g/mol. The topological polar surface area (TPSA) is 29.5 Å². The summed E-state index contributed by atoms with van der Waals surface area (Å²) in [6.07, 6.45) is 3.63. The molecule has 122 valence electrons. The van der Waals surface area contributed by atoms with E-state index in [-0.39, 0.29) is 5.97 Å². The Morgan fingerprint density at radius 2 is 1.79 bits per heavy atom. The lowest BCUT2D eigenvalue weighted by Crippen LogP contribution is -2.09. The first-order chi connectivity index (χ1) is 11.4. The van der Waals surface area contributed by atoms with Gasteiger partial charge in [-0.2, -0.15) is 0 Å². The number of carbonyl (C=O) groups excluding carboxylic acids is 1. The number of cyclic esters (lactones) is 1. The third-order valence-electron chi connectivity index (χ3n) is 3.84. The van der Waals surface area contributed by atoms with Crippen LogP contribution < -0.4 is 4.90 Å². The van der Waals surface area contributed by atoms with Crippen molar-refractivity contribution in [1.29, 1.82) is 0 Å². The molecule has 0 bridgehead atoms. The summed E-state index contributed by atoms with van der Waals surface area (Å²) in [4.78, 5) is 14.2. The Balaban J connectivity index is 1.91. The first kappa shape index (κ1) is 16.5. The molecule has 3 rings (SSSR count). The van der Waals surface area contributed by atoms with Gasteiger partial charge in [0.05, 0.1) is 11.3 Å². The highest BCUT2D eigenvalue weighted by atomic mass is 79.9. The molecular formula is C20H18BrNO2. The first-order valence-corrected chi connectivity index (χ1v) is 8.43. The summed E-state index contributed by atoms with van der Waals surface area (Å²) >= 11 is 3.57. The second-order valence-electron chi connectivity index (χ2n) is 5.97. The number of nitrogens with zero attached hydrogens (tertiary/aromatic N) is 1. The minimum Gasteiger partial charge on any atom is -0.422 e. The Bertz CT molecular complexity index is 848. The SMILES string of the molecule is Cc1ccc(C2=C/C(=C\c3ccc(N(C)C)c(Br)c3)C(=O)O2)cc1. The van der Waals surface area contributed by atoms with E-state index in [1.165, 1.54) is 5.56 Å². The predicted molar refractivity (Wildman–Crippen MR) is 102 cm³/mol. The second-order valence-corrected chi connectivity index (χ2v) is 6.82. The van der Waals surface area contributed by atoms with E-state index in [1.807, 2.05) is 74.5 Å². The zero-order valence-corrected chi connectivity index (χ0v) is 15.4. The van der Waals surface area contributed by atoms with Gasteiger partial charge in [0.2, 0.25) is 0 Å². The molecule has 0 radical (unpaired) electrons. The maximum atomic E-state index is 12.1. The molecule has 0 saturated carbocycles. The molecule has 0 amide bonds. The van der Waals surface area contributed by atoms with E-state index in [4.69, 9.17) is 4.74 Å². The van der Waals surface area contributed by atoms with Gasteiger partial charge in [-0.25, -0.2) is 4.79 Å². The van der Waals surface area contributed by atoms with Crippen LogP contribution in [-0.2, 0) is 9.53 Å². The van der Waals surface area contributed by atoms with Gasteiger partial charge >= 0.3 is 5.97 Å². The van der Waals surface area contributed by atoms with E-state index in [2.05, 4.69) is 15.9 Å². The fourth-order valence-electron chi connectivity index (χ4n) is 2.50. The fraction of sp³-hybridized carbons (Fsp3) is 0.150. The highest BCUT2D eigenvalue weighted by Gasteiger charge is 2.21. The van der Waals surface area contributed by atoms with Crippen molar-refractivity contribution in [2.45, 2.75) is 6.92 Å². The van der Waals surface area contributed by atoms with Crippen molar-refractivity contribution in [2.75, 3.05) is 19.0 Å². The van der Waals surface area contributed by atoms with Crippen LogP contribution in [-0.4, -0.2) is 20.1 Å². The standard InChI is InChI=1S/C20H18BrNO2/c1-13-4-7-15(8-5-13)19-12-16(20(23)24-19)10-14-6-9-18(22(2)3)17(21)11-14/h4-12H,1-3H3/b16-10+. The summed E-state index contributed by atoms with van der Waals surface area (Å²) in [6.45, 7) is 2.03. The number of ether oxygens (including phenoxy) is 1. The van der Waals surface area contributed by atoms with Gasteiger partial charge < -0.3 is 9.64 Å². The largest absolute Gasteiger partial charge is 0.422 e. The van der Waals surface area contributed by atoms with Crippen molar-refractivity contribution in [3.63, 3.8) is 0 Å². The number of anilines is 1. The van der Waals surface area contributed by atoms with E-state index in [9.17, 15) is 4.79 Å². The summed E-state index contributed by atoms with van der Waals surface area (Å²) in [5.41, 5.74) is 4.66. The predicted octanol–water partition coefficient (Wildman–Crippen LogP) is 4.80. The zero-order chi connectivity index (χ0) is 17.3. The van der Waals surface area contributed by atoms with Crippen LogP contribution in [0.25, 0.3) is 11.8 Å². The van der Waals surface area contributed by atoms with Gasteiger partial charge in [-0.05, 0) is 52.7 Å². The second kappa shape index (κ2) is 6.65. The van der Waals surface area contributed by atoms with Crippen molar-refractivity contribution in [1.82, 2.24) is 0 Å². The van der Waals surface area contributed by atoms with E-state index >= 15 is 0 Å². The molecule has 0 atom stereocenters. The van der Waals surface area contributed by atoms with Gasteiger partial charge in [0.15, 0.2) is 0 Å². The Labute approximate surface area is 150 Å². The maximum absolute atomic E-state index is 12.1. The third kappa shape index (κ3) is 3.44. The van der Waals surface area contributed by atoms with Crippen molar-refractivity contribution in [2.24, 2.45) is 0 Å². The van der Waals surface area contributed by atoms with Crippen molar-refractivity contribution >= 4 is 39.4 Å². The van der Waals surface area contributed by atoms with E-state index < -0.39 is 0 Å². The summed E-state index contributed by atoms with van der Waals surface area (Å²) in [5, 5.41) is 0. The van der Waals surface area contributed by atoms with Crippen LogP contribution in [0.2, 0.25) is 0 Å². The molecule has 0 saturated heterocycles. The number of carbonyl (C=O) groups is 1. The molecule has 4 heteroatoms. The lowest BCUT2D eigenvalue weighted by atomic mass is 10.1. The highest BCUT2D eigenvalue weighted by Crippen LogP contribution is 2.30. The van der Waals surface area contributed by atoms with Gasteiger partial charge in [-0.15, -0.1) is 0 Å². The van der Waals surface area contributed by atoms with Gasteiger partial charge in [0.25, 0.3) is 0 Å². The molecule has 1 aliphatic heterocycles. The van der Waals surface area contributed by atoms with Gasteiger partial charge in [0.1, 0.15) is 5.76 Å². The fourth-order valence-corrected chi connectivity index (χ4v) is 3.26. The van der Waals surface area contributed by atoms with Crippen LogP contribution >= 0.6 is 15.9 Å². The van der Waals surface area contributed by atoms with Crippen LogP contribution in [0, 0.1) is 6.92 Å². The van der Waals surface area contributed by atoms with Crippen LogP contribution in [0.3, 0.4) is 0 Å². The van der Waals surface area contributed by atoms with Crippen molar-refractivity contribution in [3.05, 3.63) is 75.3 Å². The van der Waals surface area contributed by atoms with Gasteiger partial charge in [0, 0.05) is 24.1 Å². The average Bonchev–Trinajstić information content (AvgIpc) is 2.88. The molecule has 24 heavy (non-hydrogen) atoms. The van der Waals surface area contributed by atoms with Gasteiger partial charge in [-0.1, -0.05) is 35.9 Å². The number of hydrogen-bond acceptors (Lipinski definition) is 3. The van der Waals surface area contributed by atoms with E-state index in [0.29, 0.717) is 11.3 Å². The number of hydrogen-bond donors (Lipinski definition) is 0. The summed E-state index contributed by atoms with van der Waals surface area (Å²) < 4.78 is 6.38. The Kier molecular flexibility index (Phi) is 4.58. The zero-order valence-electron chi connectivity index (χ0n) is 13.8. The Morgan fingerprint density at radius 3 is 2.42 bits per heavy atom. The summed E-state index contributed by atoms with van der Waals surface area (Å²) in [7, 11) is 3.98. The van der Waals surface area contributed by atoms with Crippen LogP contribution in [0.4, 0.5) is 5.69 Å². The lowest BCUT2D eigenvalue weighted by molar-refractivity contribution is -0.130. The molecular weight excluding hydrogens is 366 g/mol. The molecule has 0 spiro atoms. The molecule has 2 aromatic rings. The molecule has 0 aliphatic carbocycles. The van der Waals surface area contributed by atoms with Gasteiger partial charge in [-0.3, -0.25) is 0 Å². The highest BCUT2D eigenvalue weighted by molar-refractivity contribution is 9.10. The molecule has 1 aliphatic rings. The first-order valence-electron chi connectivity index (χ1n) is 7.63. The minimum atomic E-state index is -0.321. The summed E-state index contributed by atoms with van der Waals surface area (Å²) in [6, 6.07) is 13.9. The molecule has 0 unspecified atom stereocenters. The Morgan fingerprint density at radius 1 is 1.08 bits per heavy atom. The van der Waals surface area contributed by atoms with Crippen LogP contribution in [0.15, 0.2) is 58.6 Å². The quantitative estimate of drug-likeness (QED) is 0.562. The number of rotatable bonds is 3. The molecule has 2 aromatic carbocycles. The lowest BCUT2D eigenvalue weighted by Gasteiger charge is -2.14. The molecule has 0 fully saturated rings. The molecule has 3 nitrogen and oxygen atoms in total.